The van der Waals surface area contributed by atoms with Gasteiger partial charge in [-0.1, -0.05) is 60.7 Å². The summed E-state index contributed by atoms with van der Waals surface area (Å²) in [5.74, 6) is 0.385. The van der Waals surface area contributed by atoms with Crippen LogP contribution in [-0.4, -0.2) is 35.5 Å². The van der Waals surface area contributed by atoms with E-state index in [1.54, 1.807) is 0 Å². The van der Waals surface area contributed by atoms with Gasteiger partial charge in [0.25, 0.3) is 0 Å². The molecule has 1 fully saturated rings. The standard InChI is InChI=1S/C18H20NO2P/c20-12-11-19-13-16(14-7-3-1-4-8-14)17(18(19)22-21)15-9-5-2-6-10-15/h1-10,16-18,20H,11-13H2. The van der Waals surface area contributed by atoms with Crippen molar-refractivity contribution in [3.8, 4) is 0 Å². The van der Waals surface area contributed by atoms with Crippen LogP contribution >= 0.6 is 8.46 Å². The molecule has 3 rings (SSSR count). The maximum Gasteiger partial charge on any atom is 0.175 e. The Kier molecular flexibility index (Phi) is 4.99. The molecule has 0 amide bonds. The Morgan fingerprint density at radius 2 is 1.59 bits per heavy atom. The Balaban J connectivity index is 2.00. The van der Waals surface area contributed by atoms with E-state index in [-0.39, 0.29) is 26.8 Å². The van der Waals surface area contributed by atoms with Crippen LogP contribution in [0.15, 0.2) is 60.7 Å². The van der Waals surface area contributed by atoms with Gasteiger partial charge in [0.1, 0.15) is 0 Å². The Morgan fingerprint density at radius 3 is 2.14 bits per heavy atom. The van der Waals surface area contributed by atoms with E-state index in [4.69, 9.17) is 0 Å². The molecule has 0 bridgehead atoms. The number of aliphatic hydroxyl groups is 1. The maximum absolute atomic E-state index is 11.8. The van der Waals surface area contributed by atoms with Crippen LogP contribution < -0.4 is 0 Å². The van der Waals surface area contributed by atoms with Crippen molar-refractivity contribution in [2.45, 2.75) is 17.6 Å². The highest BCUT2D eigenvalue weighted by Crippen LogP contribution is 2.47. The lowest BCUT2D eigenvalue weighted by Gasteiger charge is -2.23. The number of nitrogens with zero attached hydrogens (tertiary/aromatic N) is 1. The first-order valence-corrected chi connectivity index (χ1v) is 8.50. The Labute approximate surface area is 132 Å². The normalized spacial score (nSPS) is 25.6. The van der Waals surface area contributed by atoms with Crippen molar-refractivity contribution in [2.24, 2.45) is 0 Å². The maximum atomic E-state index is 11.8. The number of benzene rings is 2. The molecule has 1 saturated heterocycles. The number of likely N-dealkylation sites (tertiary alicyclic amines) is 1. The lowest BCUT2D eigenvalue weighted by atomic mass is 9.84. The van der Waals surface area contributed by atoms with Crippen LogP contribution in [0.2, 0.25) is 0 Å². The van der Waals surface area contributed by atoms with Crippen LogP contribution in [0.5, 0.6) is 0 Å². The summed E-state index contributed by atoms with van der Waals surface area (Å²) in [7, 11) is 0.125. The quantitative estimate of drug-likeness (QED) is 0.859. The van der Waals surface area contributed by atoms with Gasteiger partial charge in [-0.05, 0) is 11.1 Å². The fourth-order valence-corrected chi connectivity index (χ4v) is 4.34. The second-order valence-electron chi connectivity index (χ2n) is 5.69. The van der Waals surface area contributed by atoms with Gasteiger partial charge < -0.3 is 5.11 Å². The average Bonchev–Trinajstić information content (AvgIpc) is 2.95. The van der Waals surface area contributed by atoms with E-state index >= 15 is 0 Å². The van der Waals surface area contributed by atoms with Crippen molar-refractivity contribution in [1.29, 1.82) is 0 Å². The second kappa shape index (κ2) is 7.15. The lowest BCUT2D eigenvalue weighted by molar-refractivity contribution is 0.208. The Hall–Kier alpha value is -1.54. The van der Waals surface area contributed by atoms with Crippen molar-refractivity contribution in [3.63, 3.8) is 0 Å². The lowest BCUT2D eigenvalue weighted by Crippen LogP contribution is -2.30. The average molecular weight is 313 g/mol. The van der Waals surface area contributed by atoms with Gasteiger partial charge in [-0.2, -0.15) is 0 Å². The zero-order valence-corrected chi connectivity index (χ0v) is 13.3. The SMILES string of the molecule is O=PC1C(c2ccccc2)C(c2ccccc2)CN1CCO. The van der Waals surface area contributed by atoms with Crippen molar-refractivity contribution >= 4 is 8.46 Å². The first kappa shape index (κ1) is 15.4. The molecule has 3 atom stereocenters. The number of aliphatic hydroxyl groups excluding tert-OH is 1. The minimum atomic E-state index is -0.0836. The summed E-state index contributed by atoms with van der Waals surface area (Å²) < 4.78 is 11.8. The molecular weight excluding hydrogens is 293 g/mol. The molecule has 3 nitrogen and oxygen atoms in total. The highest BCUT2D eigenvalue weighted by atomic mass is 31.1. The third-order valence-electron chi connectivity index (χ3n) is 4.47. The molecule has 2 aromatic carbocycles. The van der Waals surface area contributed by atoms with Crippen molar-refractivity contribution < 1.29 is 9.67 Å². The Morgan fingerprint density at radius 1 is 1.00 bits per heavy atom. The third kappa shape index (κ3) is 2.98. The van der Waals surface area contributed by atoms with E-state index in [2.05, 4.69) is 41.3 Å². The molecule has 1 aliphatic heterocycles. The zero-order chi connectivity index (χ0) is 15.4. The largest absolute Gasteiger partial charge is 0.395 e. The fraction of sp³-hybridized carbons (Fsp3) is 0.333. The minimum absolute atomic E-state index is 0.0836. The summed E-state index contributed by atoms with van der Waals surface area (Å²) in [6, 6.07) is 20.7. The highest BCUT2D eigenvalue weighted by Gasteiger charge is 2.43. The van der Waals surface area contributed by atoms with Crippen LogP contribution in [0.4, 0.5) is 0 Å². The molecule has 4 heteroatoms. The molecule has 0 aliphatic carbocycles. The van der Waals surface area contributed by atoms with Crippen molar-refractivity contribution in [1.82, 2.24) is 4.90 Å². The molecule has 22 heavy (non-hydrogen) atoms. The fourth-order valence-electron chi connectivity index (χ4n) is 3.49. The predicted octanol–water partition coefficient (Wildman–Crippen LogP) is 3.48. The molecule has 1 heterocycles. The smallest absolute Gasteiger partial charge is 0.175 e. The Bertz CT molecular complexity index is 605. The molecule has 3 unspecified atom stereocenters. The number of hydrogen-bond acceptors (Lipinski definition) is 3. The van der Waals surface area contributed by atoms with Gasteiger partial charge in [-0.3, -0.25) is 9.46 Å². The van der Waals surface area contributed by atoms with Gasteiger partial charge in [0.05, 0.1) is 12.4 Å². The predicted molar refractivity (Wildman–Crippen MR) is 88.4 cm³/mol. The summed E-state index contributed by atoms with van der Waals surface area (Å²) in [6.07, 6.45) is 0. The van der Waals surface area contributed by atoms with Gasteiger partial charge in [0.2, 0.25) is 0 Å². The van der Waals surface area contributed by atoms with Crippen LogP contribution in [0.25, 0.3) is 0 Å². The summed E-state index contributed by atoms with van der Waals surface area (Å²) in [4.78, 5) is 2.14. The van der Waals surface area contributed by atoms with Gasteiger partial charge >= 0.3 is 0 Å². The molecule has 0 saturated carbocycles. The first-order chi connectivity index (χ1) is 10.8. The summed E-state index contributed by atoms with van der Waals surface area (Å²) in [6.45, 7) is 1.48. The molecular formula is C18H20NO2P. The van der Waals surface area contributed by atoms with Gasteiger partial charge in [-0.25, -0.2) is 0 Å². The molecule has 1 N–H and O–H groups in total. The van der Waals surface area contributed by atoms with E-state index in [0.29, 0.717) is 12.5 Å². The van der Waals surface area contributed by atoms with E-state index < -0.39 is 0 Å². The van der Waals surface area contributed by atoms with Crippen LogP contribution in [0, 0.1) is 0 Å². The number of β-amino-alcohol motifs (C(OH)–C–C–N with tert-alkyl or cyclic N) is 1. The summed E-state index contributed by atoms with van der Waals surface area (Å²) >= 11 is 0. The van der Waals surface area contributed by atoms with Crippen LogP contribution in [0.3, 0.4) is 0 Å². The molecule has 0 spiro atoms. The molecule has 0 radical (unpaired) electrons. The zero-order valence-electron chi connectivity index (χ0n) is 12.4. The first-order valence-electron chi connectivity index (χ1n) is 7.62. The second-order valence-corrected chi connectivity index (χ2v) is 6.43. The van der Waals surface area contributed by atoms with Gasteiger partial charge in [0.15, 0.2) is 8.46 Å². The number of rotatable bonds is 5. The number of hydrogen-bond donors (Lipinski definition) is 1. The van der Waals surface area contributed by atoms with Gasteiger partial charge in [-0.15, -0.1) is 0 Å². The summed E-state index contributed by atoms with van der Waals surface area (Å²) in [5, 5.41) is 9.31. The molecule has 1 aliphatic rings. The van der Waals surface area contributed by atoms with E-state index in [0.717, 1.165) is 6.54 Å². The van der Waals surface area contributed by atoms with Gasteiger partial charge in [0, 0.05) is 24.9 Å². The van der Waals surface area contributed by atoms with Crippen molar-refractivity contribution in [2.75, 3.05) is 19.7 Å². The monoisotopic (exact) mass is 313 g/mol. The minimum Gasteiger partial charge on any atom is -0.395 e. The van der Waals surface area contributed by atoms with Crippen molar-refractivity contribution in [3.05, 3.63) is 71.8 Å². The van der Waals surface area contributed by atoms with E-state index in [1.807, 2.05) is 24.3 Å². The molecule has 114 valence electrons. The topological polar surface area (TPSA) is 40.5 Å². The van der Waals surface area contributed by atoms with E-state index in [1.165, 1.54) is 11.1 Å². The molecule has 2 aromatic rings. The van der Waals surface area contributed by atoms with E-state index in [9.17, 15) is 9.67 Å². The van der Waals surface area contributed by atoms with Crippen LogP contribution in [0.1, 0.15) is 23.0 Å². The van der Waals surface area contributed by atoms with Crippen LogP contribution in [-0.2, 0) is 4.57 Å². The highest BCUT2D eigenvalue weighted by molar-refractivity contribution is 7.24. The molecule has 0 aromatic heterocycles. The summed E-state index contributed by atoms with van der Waals surface area (Å²) in [5.41, 5.74) is 2.48. The third-order valence-corrected chi connectivity index (χ3v) is 5.33.